The maximum atomic E-state index is 7.32. The van der Waals surface area contributed by atoms with Gasteiger partial charge in [0.25, 0.3) is 0 Å². The molecule has 0 bridgehead atoms. The SMILES string of the molecule is C#C.C#C.CC#N.COC1CCC2CCC3C4CCCC4(C)CCC3C2(C)C1. The van der Waals surface area contributed by atoms with Crippen molar-refractivity contribution in [3.05, 3.63) is 0 Å². The van der Waals surface area contributed by atoms with E-state index < -0.39 is 0 Å². The number of ether oxygens (including phenoxy) is 1. The number of hydrogen-bond acceptors (Lipinski definition) is 2. The molecule has 0 radical (unpaired) electrons. The number of terminal acetylenes is 2. The van der Waals surface area contributed by atoms with Crippen molar-refractivity contribution in [3.8, 4) is 31.8 Å². The van der Waals surface area contributed by atoms with Crippen LogP contribution in [0.15, 0.2) is 0 Å². The first-order valence-corrected chi connectivity index (χ1v) is 11.0. The standard InChI is InChI=1S/C20H34O.C2H3N.2C2H2/c1-19-11-4-5-17(19)16-9-7-14-6-8-15(21-3)13-20(14,2)18(16)10-12-19;1-2-3;2*1-2/h14-18H,4-13H2,1-3H3;1H3;2*1-2H. The molecule has 4 rings (SSSR count). The van der Waals surface area contributed by atoms with E-state index in [0.717, 1.165) is 23.7 Å². The van der Waals surface area contributed by atoms with Gasteiger partial charge in [-0.25, -0.2) is 0 Å². The Kier molecular flexibility index (Phi) is 9.61. The van der Waals surface area contributed by atoms with Gasteiger partial charge < -0.3 is 4.74 Å². The second-order valence-corrected chi connectivity index (χ2v) is 9.60. The Labute approximate surface area is 174 Å². The molecule has 2 nitrogen and oxygen atoms in total. The molecule has 28 heavy (non-hydrogen) atoms. The van der Waals surface area contributed by atoms with Gasteiger partial charge in [0.1, 0.15) is 0 Å². The van der Waals surface area contributed by atoms with Crippen molar-refractivity contribution in [2.24, 2.45) is 34.5 Å². The second-order valence-electron chi connectivity index (χ2n) is 9.60. The van der Waals surface area contributed by atoms with Crippen LogP contribution in [0.25, 0.3) is 0 Å². The molecular weight excluding hydrogens is 342 g/mol. The lowest BCUT2D eigenvalue weighted by atomic mass is 9.45. The highest BCUT2D eigenvalue weighted by atomic mass is 16.5. The van der Waals surface area contributed by atoms with Crippen LogP contribution in [-0.4, -0.2) is 13.2 Å². The van der Waals surface area contributed by atoms with Gasteiger partial charge in [0.2, 0.25) is 0 Å². The van der Waals surface area contributed by atoms with E-state index in [4.69, 9.17) is 10.00 Å². The zero-order valence-corrected chi connectivity index (χ0v) is 18.6. The van der Waals surface area contributed by atoms with Crippen molar-refractivity contribution in [2.45, 2.75) is 91.1 Å². The monoisotopic (exact) mass is 383 g/mol. The molecule has 0 aliphatic heterocycles. The Morgan fingerprint density at radius 1 is 0.893 bits per heavy atom. The summed E-state index contributed by atoms with van der Waals surface area (Å²) in [7, 11) is 1.93. The number of rotatable bonds is 1. The Morgan fingerprint density at radius 2 is 1.50 bits per heavy atom. The van der Waals surface area contributed by atoms with Crippen LogP contribution in [0.4, 0.5) is 0 Å². The number of hydrogen-bond donors (Lipinski definition) is 0. The maximum Gasteiger partial charge on any atom is 0.0587 e. The van der Waals surface area contributed by atoms with Gasteiger partial charge in [0.05, 0.1) is 12.2 Å². The zero-order chi connectivity index (χ0) is 21.4. The Balaban J connectivity index is 0.000000502. The van der Waals surface area contributed by atoms with Crippen molar-refractivity contribution < 1.29 is 4.74 Å². The van der Waals surface area contributed by atoms with Gasteiger partial charge >= 0.3 is 0 Å². The fraction of sp³-hybridized carbons (Fsp3) is 0.808. The molecule has 4 aliphatic carbocycles. The average molecular weight is 384 g/mol. The van der Waals surface area contributed by atoms with Crippen molar-refractivity contribution in [3.63, 3.8) is 0 Å². The molecule has 4 aliphatic rings. The van der Waals surface area contributed by atoms with E-state index >= 15 is 0 Å². The zero-order valence-electron chi connectivity index (χ0n) is 18.6. The van der Waals surface area contributed by atoms with E-state index in [9.17, 15) is 0 Å². The van der Waals surface area contributed by atoms with Crippen LogP contribution in [-0.2, 0) is 4.74 Å². The summed E-state index contributed by atoms with van der Waals surface area (Å²) < 4.78 is 5.79. The minimum Gasteiger partial charge on any atom is -0.381 e. The van der Waals surface area contributed by atoms with Crippen LogP contribution in [0.2, 0.25) is 0 Å². The van der Waals surface area contributed by atoms with Crippen molar-refractivity contribution in [2.75, 3.05) is 7.11 Å². The Hall–Kier alpha value is -1.43. The summed E-state index contributed by atoms with van der Waals surface area (Å²) in [6.07, 6.45) is 31.3. The Morgan fingerprint density at radius 3 is 2.11 bits per heavy atom. The molecule has 0 aromatic rings. The summed E-state index contributed by atoms with van der Waals surface area (Å²) in [5.74, 6) is 4.10. The summed E-state index contributed by atoms with van der Waals surface area (Å²) in [4.78, 5) is 0. The molecule has 4 fully saturated rings. The second kappa shape index (κ2) is 10.9. The van der Waals surface area contributed by atoms with Crippen LogP contribution in [0.1, 0.15) is 85.0 Å². The topological polar surface area (TPSA) is 33.0 Å². The molecule has 0 N–H and O–H groups in total. The van der Waals surface area contributed by atoms with Crippen molar-refractivity contribution in [1.29, 1.82) is 5.26 Å². The van der Waals surface area contributed by atoms with E-state index in [1.165, 1.54) is 64.7 Å². The highest BCUT2D eigenvalue weighted by molar-refractivity contribution is 5.07. The van der Waals surface area contributed by atoms with E-state index in [2.05, 4.69) is 39.5 Å². The number of nitriles is 1. The van der Waals surface area contributed by atoms with Crippen LogP contribution >= 0.6 is 0 Å². The molecule has 7 atom stereocenters. The molecule has 4 saturated carbocycles. The van der Waals surface area contributed by atoms with E-state index in [0.29, 0.717) is 16.9 Å². The van der Waals surface area contributed by atoms with E-state index in [1.54, 1.807) is 12.5 Å². The molecule has 0 aromatic heterocycles. The highest BCUT2D eigenvalue weighted by Crippen LogP contribution is 2.66. The lowest BCUT2D eigenvalue weighted by molar-refractivity contribution is -0.130. The lowest BCUT2D eigenvalue weighted by Crippen LogP contribution is -2.53. The molecule has 7 unspecified atom stereocenters. The maximum absolute atomic E-state index is 7.32. The molecule has 0 saturated heterocycles. The minimum atomic E-state index is 0.543. The smallest absolute Gasteiger partial charge is 0.0587 e. The quantitative estimate of drug-likeness (QED) is 0.487. The first kappa shape index (κ1) is 24.6. The van der Waals surface area contributed by atoms with Gasteiger partial charge in [0.15, 0.2) is 0 Å². The predicted molar refractivity (Wildman–Crippen MR) is 118 cm³/mol. The molecule has 0 amide bonds. The third-order valence-electron chi connectivity index (χ3n) is 8.68. The molecule has 0 spiro atoms. The minimum absolute atomic E-state index is 0.543. The molecular formula is C26H41NO. The highest BCUT2D eigenvalue weighted by Gasteiger charge is 2.57. The molecule has 156 valence electrons. The van der Waals surface area contributed by atoms with Gasteiger partial charge in [-0.15, -0.1) is 25.7 Å². The third-order valence-corrected chi connectivity index (χ3v) is 8.68. The largest absolute Gasteiger partial charge is 0.381 e. The third kappa shape index (κ3) is 4.58. The van der Waals surface area contributed by atoms with Crippen molar-refractivity contribution in [1.82, 2.24) is 0 Å². The summed E-state index contributed by atoms with van der Waals surface area (Å²) in [6, 6.07) is 1.75. The fourth-order valence-electron chi connectivity index (χ4n) is 7.50. The summed E-state index contributed by atoms with van der Waals surface area (Å²) in [5.41, 5.74) is 1.30. The molecule has 0 aromatic carbocycles. The lowest BCUT2D eigenvalue weighted by Gasteiger charge is -2.60. The molecule has 2 heteroatoms. The summed E-state index contributed by atoms with van der Waals surface area (Å²) in [6.45, 7) is 6.70. The summed E-state index contributed by atoms with van der Waals surface area (Å²) >= 11 is 0. The van der Waals surface area contributed by atoms with Gasteiger partial charge in [-0.2, -0.15) is 5.26 Å². The number of fused-ring (bicyclic) bond motifs is 5. The normalized spacial score (nSPS) is 42.8. The average Bonchev–Trinajstić information content (AvgIpc) is 3.12. The van der Waals surface area contributed by atoms with Crippen LogP contribution in [0.3, 0.4) is 0 Å². The number of methoxy groups -OCH3 is 1. The van der Waals surface area contributed by atoms with E-state index in [1.807, 2.05) is 7.11 Å². The number of nitrogens with zero attached hydrogens (tertiary/aromatic N) is 1. The summed E-state index contributed by atoms with van der Waals surface area (Å²) in [5, 5.41) is 7.32. The van der Waals surface area contributed by atoms with Gasteiger partial charge in [-0.05, 0) is 92.3 Å². The van der Waals surface area contributed by atoms with Gasteiger partial charge in [-0.3, -0.25) is 0 Å². The fourth-order valence-corrected chi connectivity index (χ4v) is 7.50. The Bertz CT molecular complexity index is 552. The van der Waals surface area contributed by atoms with Crippen molar-refractivity contribution >= 4 is 0 Å². The van der Waals surface area contributed by atoms with Gasteiger partial charge in [-0.1, -0.05) is 20.3 Å². The molecule has 0 heterocycles. The van der Waals surface area contributed by atoms with Gasteiger partial charge in [0, 0.05) is 14.0 Å². The van der Waals surface area contributed by atoms with E-state index in [-0.39, 0.29) is 0 Å². The van der Waals surface area contributed by atoms with Crippen LogP contribution in [0.5, 0.6) is 0 Å². The predicted octanol–water partition coefficient (Wildman–Crippen LogP) is 6.46. The first-order chi connectivity index (χ1) is 13.5. The van der Waals surface area contributed by atoms with Crippen LogP contribution < -0.4 is 0 Å². The van der Waals surface area contributed by atoms with Crippen LogP contribution in [0, 0.1) is 71.5 Å². The first-order valence-electron chi connectivity index (χ1n) is 11.0.